The summed E-state index contributed by atoms with van der Waals surface area (Å²) in [6, 6.07) is 5.85. The first-order valence-electron chi connectivity index (χ1n) is 5.24. The molecule has 0 bridgehead atoms. The van der Waals surface area contributed by atoms with E-state index in [1.165, 1.54) is 0 Å². The number of rotatable bonds is 5. The molecule has 0 aliphatic heterocycles. The lowest BCUT2D eigenvalue weighted by atomic mass is 10.2. The third kappa shape index (κ3) is 3.44. The molecule has 0 amide bonds. The van der Waals surface area contributed by atoms with Gasteiger partial charge in [-0.15, -0.1) is 0 Å². The molecule has 0 fully saturated rings. The van der Waals surface area contributed by atoms with Crippen molar-refractivity contribution in [1.29, 1.82) is 0 Å². The molecule has 0 heterocycles. The Morgan fingerprint density at radius 2 is 2.20 bits per heavy atom. The summed E-state index contributed by atoms with van der Waals surface area (Å²) in [6.45, 7) is 4.57. The highest BCUT2D eigenvalue weighted by Crippen LogP contribution is 2.20. The summed E-state index contributed by atoms with van der Waals surface area (Å²) in [5.74, 6) is 0.856. The van der Waals surface area contributed by atoms with Gasteiger partial charge in [-0.1, -0.05) is 6.92 Å². The van der Waals surface area contributed by atoms with Crippen molar-refractivity contribution in [2.45, 2.75) is 26.4 Å². The summed E-state index contributed by atoms with van der Waals surface area (Å²) in [6.07, 6.45) is 0.480. The lowest BCUT2D eigenvalue weighted by Gasteiger charge is -2.13. The Hall–Kier alpha value is -1.22. The number of methoxy groups -OCH3 is 1. The van der Waals surface area contributed by atoms with E-state index in [1.807, 2.05) is 32.0 Å². The summed E-state index contributed by atoms with van der Waals surface area (Å²) in [5.41, 5.74) is 2.17. The minimum Gasteiger partial charge on any atom is -0.497 e. The number of anilines is 1. The van der Waals surface area contributed by atoms with Crippen LogP contribution in [0.3, 0.4) is 0 Å². The van der Waals surface area contributed by atoms with Gasteiger partial charge in [0.25, 0.3) is 0 Å². The van der Waals surface area contributed by atoms with Gasteiger partial charge in [-0.2, -0.15) is 0 Å². The largest absolute Gasteiger partial charge is 0.497 e. The van der Waals surface area contributed by atoms with Crippen molar-refractivity contribution in [3.8, 4) is 5.75 Å². The number of aryl methyl sites for hydroxylation is 1. The molecule has 1 unspecified atom stereocenters. The lowest BCUT2D eigenvalue weighted by molar-refractivity contribution is 0.183. The predicted octanol–water partition coefficient (Wildman–Crippen LogP) is 2.19. The van der Waals surface area contributed by atoms with Crippen molar-refractivity contribution in [3.05, 3.63) is 23.8 Å². The molecular formula is C12H19NO2. The van der Waals surface area contributed by atoms with E-state index in [1.54, 1.807) is 7.11 Å². The molecule has 0 aliphatic carbocycles. The lowest BCUT2D eigenvalue weighted by Crippen LogP contribution is -2.18. The van der Waals surface area contributed by atoms with Crippen molar-refractivity contribution < 1.29 is 9.84 Å². The van der Waals surface area contributed by atoms with Crippen molar-refractivity contribution in [3.63, 3.8) is 0 Å². The first-order chi connectivity index (χ1) is 7.17. The second-order valence-corrected chi connectivity index (χ2v) is 3.62. The zero-order chi connectivity index (χ0) is 11.3. The minimum absolute atomic E-state index is 0.286. The fraction of sp³-hybridized carbons (Fsp3) is 0.500. The highest BCUT2D eigenvalue weighted by Gasteiger charge is 2.03. The highest BCUT2D eigenvalue weighted by atomic mass is 16.5. The van der Waals surface area contributed by atoms with Crippen molar-refractivity contribution >= 4 is 5.69 Å². The van der Waals surface area contributed by atoms with Crippen LogP contribution < -0.4 is 10.1 Å². The number of nitrogens with one attached hydrogen (secondary N) is 1. The average molecular weight is 209 g/mol. The average Bonchev–Trinajstić information content (AvgIpc) is 2.26. The summed E-state index contributed by atoms with van der Waals surface area (Å²) in [7, 11) is 1.66. The maximum atomic E-state index is 9.42. The third-order valence-electron chi connectivity index (χ3n) is 2.43. The van der Waals surface area contributed by atoms with E-state index >= 15 is 0 Å². The molecule has 0 spiro atoms. The smallest absolute Gasteiger partial charge is 0.119 e. The Kier molecular flexibility index (Phi) is 4.43. The molecule has 2 N–H and O–H groups in total. The molecule has 1 aromatic carbocycles. The summed E-state index contributed by atoms with van der Waals surface area (Å²) in [5, 5.41) is 12.6. The van der Waals surface area contributed by atoms with Gasteiger partial charge < -0.3 is 15.2 Å². The standard InChI is InChI=1S/C12H19NO2/c1-4-10(14)8-13-12-6-5-11(15-3)7-9(12)2/h5-7,10,13-14H,4,8H2,1-3H3. The Labute approximate surface area is 91.1 Å². The summed E-state index contributed by atoms with van der Waals surface area (Å²) in [4.78, 5) is 0. The number of hydrogen-bond acceptors (Lipinski definition) is 3. The van der Waals surface area contributed by atoms with E-state index in [0.717, 1.165) is 23.4 Å². The quantitative estimate of drug-likeness (QED) is 0.781. The van der Waals surface area contributed by atoms with Crippen LogP contribution in [0.25, 0.3) is 0 Å². The minimum atomic E-state index is -0.286. The fourth-order valence-electron chi connectivity index (χ4n) is 1.33. The number of hydrogen-bond donors (Lipinski definition) is 2. The number of aliphatic hydroxyl groups excluding tert-OH is 1. The van der Waals surface area contributed by atoms with Gasteiger partial charge in [0.15, 0.2) is 0 Å². The number of ether oxygens (including phenoxy) is 1. The first-order valence-corrected chi connectivity index (χ1v) is 5.24. The van der Waals surface area contributed by atoms with Crippen LogP contribution in [-0.2, 0) is 0 Å². The molecule has 0 aromatic heterocycles. The maximum absolute atomic E-state index is 9.42. The Morgan fingerprint density at radius 3 is 2.73 bits per heavy atom. The number of benzene rings is 1. The van der Waals surface area contributed by atoms with Crippen LogP contribution in [0.1, 0.15) is 18.9 Å². The van der Waals surface area contributed by atoms with E-state index in [0.29, 0.717) is 6.54 Å². The van der Waals surface area contributed by atoms with Gasteiger partial charge >= 0.3 is 0 Å². The molecule has 1 atom stereocenters. The molecule has 3 heteroatoms. The van der Waals surface area contributed by atoms with Crippen LogP contribution in [-0.4, -0.2) is 24.9 Å². The van der Waals surface area contributed by atoms with Gasteiger partial charge in [0.1, 0.15) is 5.75 Å². The molecule has 0 saturated heterocycles. The van der Waals surface area contributed by atoms with E-state index < -0.39 is 0 Å². The van der Waals surface area contributed by atoms with Crippen LogP contribution in [0.2, 0.25) is 0 Å². The molecular weight excluding hydrogens is 190 g/mol. The van der Waals surface area contributed by atoms with Gasteiger partial charge in [0.2, 0.25) is 0 Å². The molecule has 0 radical (unpaired) electrons. The molecule has 15 heavy (non-hydrogen) atoms. The maximum Gasteiger partial charge on any atom is 0.119 e. The van der Waals surface area contributed by atoms with E-state index in [2.05, 4.69) is 5.32 Å². The van der Waals surface area contributed by atoms with Crippen LogP contribution in [0.5, 0.6) is 5.75 Å². The van der Waals surface area contributed by atoms with E-state index in [4.69, 9.17) is 4.74 Å². The molecule has 84 valence electrons. The molecule has 1 rings (SSSR count). The zero-order valence-corrected chi connectivity index (χ0v) is 9.58. The van der Waals surface area contributed by atoms with Gasteiger partial charge in [-0.25, -0.2) is 0 Å². The molecule has 0 aliphatic rings. The monoisotopic (exact) mass is 209 g/mol. The van der Waals surface area contributed by atoms with Crippen molar-refractivity contribution in [1.82, 2.24) is 0 Å². The van der Waals surface area contributed by atoms with Crippen molar-refractivity contribution in [2.75, 3.05) is 19.0 Å². The van der Waals surface area contributed by atoms with Crippen LogP contribution in [0.4, 0.5) is 5.69 Å². The molecule has 3 nitrogen and oxygen atoms in total. The van der Waals surface area contributed by atoms with Gasteiger partial charge in [-0.05, 0) is 37.1 Å². The Morgan fingerprint density at radius 1 is 1.47 bits per heavy atom. The van der Waals surface area contributed by atoms with Crippen LogP contribution in [0, 0.1) is 6.92 Å². The van der Waals surface area contributed by atoms with E-state index in [9.17, 15) is 5.11 Å². The molecule has 1 aromatic rings. The SMILES string of the molecule is CCC(O)CNc1ccc(OC)cc1C. The number of aliphatic hydroxyl groups is 1. The van der Waals surface area contributed by atoms with Crippen LogP contribution in [0.15, 0.2) is 18.2 Å². The highest BCUT2D eigenvalue weighted by molar-refractivity contribution is 5.53. The van der Waals surface area contributed by atoms with E-state index in [-0.39, 0.29) is 6.10 Å². The first kappa shape index (κ1) is 11.9. The van der Waals surface area contributed by atoms with Crippen LogP contribution >= 0.6 is 0 Å². The van der Waals surface area contributed by atoms with Crippen molar-refractivity contribution in [2.24, 2.45) is 0 Å². The third-order valence-corrected chi connectivity index (χ3v) is 2.43. The summed E-state index contributed by atoms with van der Waals surface area (Å²) < 4.78 is 5.12. The van der Waals surface area contributed by atoms with Gasteiger partial charge in [0.05, 0.1) is 13.2 Å². The zero-order valence-electron chi connectivity index (χ0n) is 9.58. The normalized spacial score (nSPS) is 12.3. The second kappa shape index (κ2) is 5.61. The Balaban J connectivity index is 2.62. The topological polar surface area (TPSA) is 41.5 Å². The second-order valence-electron chi connectivity index (χ2n) is 3.62. The van der Waals surface area contributed by atoms with Gasteiger partial charge in [-0.3, -0.25) is 0 Å². The molecule has 0 saturated carbocycles. The predicted molar refractivity (Wildman–Crippen MR) is 62.5 cm³/mol. The van der Waals surface area contributed by atoms with Gasteiger partial charge in [0, 0.05) is 12.2 Å². The summed E-state index contributed by atoms with van der Waals surface area (Å²) >= 11 is 0. The fourth-order valence-corrected chi connectivity index (χ4v) is 1.33. The Bertz CT molecular complexity index is 312.